The summed E-state index contributed by atoms with van der Waals surface area (Å²) in [6, 6.07) is 0. The maximum atomic E-state index is 12.7. The summed E-state index contributed by atoms with van der Waals surface area (Å²) in [5.74, 6) is -0.545. The molecule has 0 bridgehead atoms. The first-order chi connectivity index (χ1) is 9.34. The Morgan fingerprint density at radius 1 is 1.43 bits per heavy atom. The highest BCUT2D eigenvalue weighted by atomic mass is 79.9. The summed E-state index contributed by atoms with van der Waals surface area (Å²) >= 11 is 11.3. The lowest BCUT2D eigenvalue weighted by Crippen LogP contribution is -2.36. The van der Waals surface area contributed by atoms with Crippen LogP contribution in [0.5, 0.6) is 0 Å². The third-order valence-corrected chi connectivity index (χ3v) is 5.83. The molecule has 0 aliphatic heterocycles. The van der Waals surface area contributed by atoms with Crippen molar-refractivity contribution in [3.63, 3.8) is 0 Å². The molecule has 1 aliphatic carbocycles. The number of rotatable bonds is 6. The molecule has 1 saturated carbocycles. The zero-order valence-corrected chi connectivity index (χ0v) is 15.9. The highest BCUT2D eigenvalue weighted by molar-refractivity contribution is 9.10. The molecule has 0 heterocycles. The van der Waals surface area contributed by atoms with Gasteiger partial charge >= 0.3 is 12.1 Å². The van der Waals surface area contributed by atoms with E-state index in [9.17, 15) is 18.0 Å². The summed E-state index contributed by atoms with van der Waals surface area (Å²) in [6.07, 6.45) is -4.42. The van der Waals surface area contributed by atoms with Gasteiger partial charge in [0, 0.05) is 4.83 Å². The minimum atomic E-state index is -4.54. The van der Waals surface area contributed by atoms with E-state index in [1.54, 1.807) is 6.92 Å². The molecule has 0 saturated heterocycles. The zero-order chi connectivity index (χ0) is 16.6. The van der Waals surface area contributed by atoms with Crippen molar-refractivity contribution in [3.8, 4) is 0 Å². The number of carbonyl (C=O) groups is 1. The van der Waals surface area contributed by atoms with Crippen LogP contribution in [0.4, 0.5) is 13.2 Å². The molecular weight excluding hydrogens is 440 g/mol. The van der Waals surface area contributed by atoms with Crippen molar-refractivity contribution in [1.29, 1.82) is 0 Å². The van der Waals surface area contributed by atoms with Crippen molar-refractivity contribution < 1.29 is 22.7 Å². The fourth-order valence-corrected chi connectivity index (χ4v) is 4.72. The first-order valence-electron chi connectivity index (χ1n) is 6.59. The van der Waals surface area contributed by atoms with Gasteiger partial charge in [-0.05, 0) is 31.1 Å². The minimum Gasteiger partial charge on any atom is -0.466 e. The summed E-state index contributed by atoms with van der Waals surface area (Å²) < 4.78 is 40.7. The second-order valence-corrected chi connectivity index (χ2v) is 9.65. The third kappa shape index (κ3) is 4.50. The van der Waals surface area contributed by atoms with Crippen LogP contribution < -0.4 is 0 Å². The summed E-state index contributed by atoms with van der Waals surface area (Å²) in [6.45, 7) is 5.87. The quantitative estimate of drug-likeness (QED) is 0.401. The van der Waals surface area contributed by atoms with Crippen molar-refractivity contribution in [2.24, 2.45) is 17.3 Å². The van der Waals surface area contributed by atoms with E-state index in [0.29, 0.717) is 13.0 Å². The fraction of sp³-hybridized carbons (Fsp3) is 0.923. The zero-order valence-electron chi connectivity index (χ0n) is 11.9. The Balaban J connectivity index is 2.60. The molecular formula is C13H18Br2ClF3O2. The number of halogens is 6. The average Bonchev–Trinajstić information content (AvgIpc) is 2.77. The number of carbonyl (C=O) groups excluding carboxylic acids is 1. The molecule has 1 aliphatic rings. The summed E-state index contributed by atoms with van der Waals surface area (Å²) in [5.41, 5.74) is -0.252. The number of alkyl halides is 6. The lowest BCUT2D eigenvalue weighted by atomic mass is 10.0. The van der Waals surface area contributed by atoms with Gasteiger partial charge in [-0.15, -0.1) is 0 Å². The molecule has 0 amide bonds. The largest absolute Gasteiger partial charge is 0.466 e. The normalized spacial score (nSPS) is 28.6. The molecule has 21 heavy (non-hydrogen) atoms. The highest BCUT2D eigenvalue weighted by Crippen LogP contribution is 2.62. The van der Waals surface area contributed by atoms with E-state index in [0.717, 1.165) is 0 Å². The Labute approximate surface area is 144 Å². The van der Waals surface area contributed by atoms with Crippen LogP contribution in [0.3, 0.4) is 0 Å². The molecule has 0 N–H and O–H groups in total. The highest BCUT2D eigenvalue weighted by Gasteiger charge is 2.63. The van der Waals surface area contributed by atoms with Gasteiger partial charge in [0.05, 0.1) is 12.5 Å². The molecule has 0 radical (unpaired) electrons. The second kappa shape index (κ2) is 6.56. The molecule has 1 fully saturated rings. The number of hydrogen-bond acceptors (Lipinski definition) is 2. The molecule has 4 atom stereocenters. The van der Waals surface area contributed by atoms with Crippen molar-refractivity contribution in [1.82, 2.24) is 0 Å². The first kappa shape index (κ1) is 19.6. The van der Waals surface area contributed by atoms with Crippen molar-refractivity contribution in [3.05, 3.63) is 0 Å². The summed E-state index contributed by atoms with van der Waals surface area (Å²) in [5, 5.41) is 0. The summed E-state index contributed by atoms with van der Waals surface area (Å²) in [7, 11) is 0. The van der Waals surface area contributed by atoms with Gasteiger partial charge in [0.1, 0.15) is 0 Å². The van der Waals surface area contributed by atoms with Gasteiger partial charge in [-0.3, -0.25) is 4.79 Å². The smallest absolute Gasteiger partial charge is 0.417 e. The third-order valence-electron chi connectivity index (χ3n) is 3.99. The van der Waals surface area contributed by atoms with Crippen LogP contribution in [0.15, 0.2) is 0 Å². The molecule has 2 nitrogen and oxygen atoms in total. The van der Waals surface area contributed by atoms with Gasteiger partial charge < -0.3 is 4.74 Å². The van der Waals surface area contributed by atoms with Crippen LogP contribution >= 0.6 is 43.5 Å². The van der Waals surface area contributed by atoms with Crippen molar-refractivity contribution in [2.45, 2.75) is 48.4 Å². The van der Waals surface area contributed by atoms with E-state index in [4.69, 9.17) is 16.3 Å². The van der Waals surface area contributed by atoms with Gasteiger partial charge in [0.2, 0.25) is 0 Å². The molecule has 0 aromatic carbocycles. The van der Waals surface area contributed by atoms with E-state index >= 15 is 0 Å². The number of hydrogen-bond donors (Lipinski definition) is 0. The van der Waals surface area contributed by atoms with Crippen LogP contribution in [0.2, 0.25) is 0 Å². The van der Waals surface area contributed by atoms with Gasteiger partial charge in [0.15, 0.2) is 3.78 Å². The molecule has 4 unspecified atom stereocenters. The molecule has 8 heteroatoms. The van der Waals surface area contributed by atoms with E-state index in [2.05, 4.69) is 31.9 Å². The number of ether oxygens (including phenoxy) is 1. The van der Waals surface area contributed by atoms with Crippen molar-refractivity contribution >= 4 is 49.4 Å². The molecule has 1 rings (SSSR count). The van der Waals surface area contributed by atoms with E-state index in [1.807, 2.05) is 13.8 Å². The SMILES string of the molecule is CCOC(=O)C1C(CC(Br)CC(Cl)(Br)C(F)(F)F)C1(C)C. The lowest BCUT2D eigenvalue weighted by Gasteiger charge is -2.25. The number of esters is 1. The standard InChI is InChI=1S/C13H18Br2ClF3O2/c1-4-21-10(20)9-8(11(9,2)3)5-7(14)6-12(15,16)13(17,18)19/h7-9H,4-6H2,1-3H3. The van der Waals surface area contributed by atoms with Gasteiger partial charge in [-0.1, -0.05) is 57.3 Å². The maximum Gasteiger partial charge on any atom is 0.417 e. The van der Waals surface area contributed by atoms with E-state index in [-0.39, 0.29) is 29.6 Å². The Bertz CT molecular complexity index is 399. The van der Waals surface area contributed by atoms with Gasteiger partial charge in [-0.25, -0.2) is 0 Å². The lowest BCUT2D eigenvalue weighted by molar-refractivity contribution is -0.146. The Kier molecular flexibility index (Phi) is 6.10. The van der Waals surface area contributed by atoms with E-state index < -0.39 is 14.8 Å². The fourth-order valence-electron chi connectivity index (χ4n) is 2.64. The van der Waals surface area contributed by atoms with Crippen molar-refractivity contribution in [2.75, 3.05) is 6.61 Å². The molecule has 0 aromatic heterocycles. The maximum absolute atomic E-state index is 12.7. The van der Waals surface area contributed by atoms with E-state index in [1.165, 1.54) is 0 Å². The van der Waals surface area contributed by atoms with Crippen LogP contribution in [-0.4, -0.2) is 27.4 Å². The monoisotopic (exact) mass is 456 g/mol. The predicted octanol–water partition coefficient (Wildman–Crippen LogP) is 5.26. The molecule has 0 spiro atoms. The molecule has 124 valence electrons. The van der Waals surface area contributed by atoms with Crippen LogP contribution in [0.1, 0.15) is 33.6 Å². The second-order valence-electron chi connectivity index (χ2n) is 5.90. The average molecular weight is 459 g/mol. The topological polar surface area (TPSA) is 26.3 Å². The molecule has 0 aromatic rings. The van der Waals surface area contributed by atoms with Gasteiger partial charge in [-0.2, -0.15) is 13.2 Å². The van der Waals surface area contributed by atoms with Gasteiger partial charge in [0.25, 0.3) is 0 Å². The van der Waals surface area contributed by atoms with Crippen LogP contribution in [0, 0.1) is 17.3 Å². The first-order valence-corrected chi connectivity index (χ1v) is 8.68. The Hall–Kier alpha value is 0.510. The van der Waals surface area contributed by atoms with Crippen LogP contribution in [-0.2, 0) is 9.53 Å². The Morgan fingerprint density at radius 2 is 1.95 bits per heavy atom. The predicted molar refractivity (Wildman–Crippen MR) is 82.9 cm³/mol. The Morgan fingerprint density at radius 3 is 2.38 bits per heavy atom. The summed E-state index contributed by atoms with van der Waals surface area (Å²) in [4.78, 5) is 11.4. The minimum absolute atomic E-state index is 0.00544. The van der Waals surface area contributed by atoms with Crippen LogP contribution in [0.25, 0.3) is 0 Å².